The van der Waals surface area contributed by atoms with Crippen LogP contribution < -0.4 is 10.1 Å². The van der Waals surface area contributed by atoms with Crippen molar-refractivity contribution in [1.82, 2.24) is 15.2 Å². The van der Waals surface area contributed by atoms with Gasteiger partial charge in [0.05, 0.1) is 0 Å². The van der Waals surface area contributed by atoms with Gasteiger partial charge in [-0.05, 0) is 29.8 Å². The van der Waals surface area contributed by atoms with E-state index in [2.05, 4.69) is 25.2 Å². The summed E-state index contributed by atoms with van der Waals surface area (Å²) in [4.78, 5) is 3.89. The lowest BCUT2D eigenvalue weighted by Gasteiger charge is -2.07. The first-order valence-electron chi connectivity index (χ1n) is 6.83. The molecule has 0 bridgehead atoms. The number of nitrogens with one attached hydrogen (secondary N) is 1. The fourth-order valence-corrected chi connectivity index (χ4v) is 1.93. The maximum Gasteiger partial charge on any atom is 0.387 e. The van der Waals surface area contributed by atoms with Gasteiger partial charge in [-0.3, -0.25) is 4.98 Å². The van der Waals surface area contributed by atoms with Gasteiger partial charge in [0.1, 0.15) is 0 Å². The Balaban J connectivity index is 1.64. The minimum atomic E-state index is -3.08. The predicted octanol–water partition coefficient (Wildman–Crippen LogP) is 3.48. The summed E-state index contributed by atoms with van der Waals surface area (Å²) in [6, 6.07) is 7.26. The van der Waals surface area contributed by atoms with Gasteiger partial charge < -0.3 is 14.5 Å². The van der Waals surface area contributed by atoms with Crippen molar-refractivity contribution in [3.63, 3.8) is 0 Å². The molecule has 3 rings (SSSR count). The number of nitrogens with zero attached hydrogens (tertiary/aromatic N) is 3. The number of halogens is 3. The summed E-state index contributed by atoms with van der Waals surface area (Å²) in [5.74, 6) is -1.07. The molecule has 0 amide bonds. The lowest BCUT2D eigenvalue weighted by molar-refractivity contribution is -0.0522. The summed E-state index contributed by atoms with van der Waals surface area (Å²) in [5, 5.41) is 10.5. The van der Waals surface area contributed by atoms with E-state index < -0.39 is 18.2 Å². The summed E-state index contributed by atoms with van der Waals surface area (Å²) in [6.45, 7) is -2.90. The Bertz CT molecular complexity index is 811. The highest BCUT2D eigenvalue weighted by molar-refractivity contribution is 5.51. The third kappa shape index (κ3) is 3.80. The molecular weight excluding hydrogens is 325 g/mol. The van der Waals surface area contributed by atoms with Crippen LogP contribution in [0.2, 0.25) is 0 Å². The van der Waals surface area contributed by atoms with E-state index in [9.17, 15) is 13.2 Å². The van der Waals surface area contributed by atoms with Gasteiger partial charge >= 0.3 is 12.6 Å². The minimum absolute atomic E-state index is 0.148. The molecule has 124 valence electrons. The van der Waals surface area contributed by atoms with Gasteiger partial charge in [0.15, 0.2) is 11.6 Å². The molecule has 0 spiro atoms. The average molecular weight is 336 g/mol. The number of ether oxygens (including phenoxy) is 1. The number of hydrogen-bond donors (Lipinski definition) is 1. The molecule has 0 saturated carbocycles. The molecule has 0 unspecified atom stereocenters. The summed E-state index contributed by atoms with van der Waals surface area (Å²) >= 11 is 0. The Morgan fingerprint density at radius 3 is 2.62 bits per heavy atom. The summed E-state index contributed by atoms with van der Waals surface area (Å²) in [6.07, 6.45) is 3.19. The van der Waals surface area contributed by atoms with Crippen LogP contribution in [-0.4, -0.2) is 21.8 Å². The Labute approximate surface area is 134 Å². The fraction of sp³-hybridized carbons (Fsp3) is 0.133. The van der Waals surface area contributed by atoms with Crippen molar-refractivity contribution in [1.29, 1.82) is 0 Å². The predicted molar refractivity (Wildman–Crippen MR) is 77.9 cm³/mol. The van der Waals surface area contributed by atoms with Crippen LogP contribution >= 0.6 is 0 Å². The lowest BCUT2D eigenvalue weighted by Crippen LogP contribution is -2.05. The number of pyridine rings is 1. The lowest BCUT2D eigenvalue weighted by atomic mass is 10.2. The first kappa shape index (κ1) is 15.8. The average Bonchev–Trinajstić information content (AvgIpc) is 3.05. The van der Waals surface area contributed by atoms with Crippen LogP contribution in [0.3, 0.4) is 0 Å². The number of benzene rings is 1. The highest BCUT2D eigenvalue weighted by Crippen LogP contribution is 2.22. The van der Waals surface area contributed by atoms with Gasteiger partial charge in [0, 0.05) is 24.5 Å². The number of aromatic nitrogens is 3. The van der Waals surface area contributed by atoms with Gasteiger partial charge in [0.2, 0.25) is 5.89 Å². The van der Waals surface area contributed by atoms with Crippen molar-refractivity contribution in [2.45, 2.75) is 13.2 Å². The quantitative estimate of drug-likeness (QED) is 0.743. The van der Waals surface area contributed by atoms with E-state index in [-0.39, 0.29) is 12.6 Å². The van der Waals surface area contributed by atoms with Gasteiger partial charge in [-0.1, -0.05) is 11.2 Å². The number of anilines is 1. The molecule has 0 aliphatic carbocycles. The number of alkyl halides is 2. The Hall–Kier alpha value is -3.10. The van der Waals surface area contributed by atoms with Gasteiger partial charge in [0.25, 0.3) is 0 Å². The van der Waals surface area contributed by atoms with Crippen molar-refractivity contribution in [3.8, 4) is 17.2 Å². The standard InChI is InChI=1S/C15H11F3N4O2/c16-11-7-9(1-2-12(11)23-14(17)18)8-20-15-22-21-13(24-15)10-3-5-19-6-4-10/h1-7,14H,8H2,(H,20,22). The number of hydrogen-bond acceptors (Lipinski definition) is 6. The second-order valence-corrected chi connectivity index (χ2v) is 4.65. The van der Waals surface area contributed by atoms with Gasteiger partial charge in [-0.25, -0.2) is 4.39 Å². The molecule has 2 aromatic heterocycles. The molecule has 1 aromatic carbocycles. The summed E-state index contributed by atoms with van der Waals surface area (Å²) in [7, 11) is 0. The van der Waals surface area contributed by atoms with Crippen molar-refractivity contribution in [2.24, 2.45) is 0 Å². The molecule has 1 N–H and O–H groups in total. The molecule has 0 fully saturated rings. The molecular formula is C15H11F3N4O2. The summed E-state index contributed by atoms with van der Waals surface area (Å²) in [5.41, 5.74) is 1.21. The maximum atomic E-state index is 13.6. The first-order chi connectivity index (χ1) is 11.6. The Morgan fingerprint density at radius 2 is 1.92 bits per heavy atom. The molecule has 0 aliphatic rings. The molecule has 3 aromatic rings. The third-order valence-electron chi connectivity index (χ3n) is 3.01. The Morgan fingerprint density at radius 1 is 1.12 bits per heavy atom. The highest BCUT2D eigenvalue weighted by atomic mass is 19.3. The van der Waals surface area contributed by atoms with E-state index >= 15 is 0 Å². The van der Waals surface area contributed by atoms with Crippen LogP contribution in [-0.2, 0) is 6.54 Å². The van der Waals surface area contributed by atoms with Gasteiger partial charge in [-0.15, -0.1) is 5.10 Å². The third-order valence-corrected chi connectivity index (χ3v) is 3.01. The topological polar surface area (TPSA) is 73.1 Å². The monoisotopic (exact) mass is 336 g/mol. The fourth-order valence-electron chi connectivity index (χ4n) is 1.93. The van der Waals surface area contributed by atoms with E-state index in [4.69, 9.17) is 4.42 Å². The molecule has 6 nitrogen and oxygen atoms in total. The number of rotatable bonds is 6. The SMILES string of the molecule is Fc1cc(CNc2nnc(-c3ccncc3)o2)ccc1OC(F)F. The smallest absolute Gasteiger partial charge is 0.387 e. The van der Waals surface area contributed by atoms with E-state index in [0.717, 1.165) is 12.1 Å². The molecule has 2 heterocycles. The van der Waals surface area contributed by atoms with Crippen LogP contribution in [0.4, 0.5) is 19.2 Å². The van der Waals surface area contributed by atoms with Crippen molar-refractivity contribution in [3.05, 3.63) is 54.1 Å². The minimum Gasteiger partial charge on any atom is -0.432 e. The molecule has 0 radical (unpaired) electrons. The molecule has 0 saturated heterocycles. The van der Waals surface area contributed by atoms with Gasteiger partial charge in [-0.2, -0.15) is 8.78 Å². The van der Waals surface area contributed by atoms with Crippen LogP contribution in [0.25, 0.3) is 11.5 Å². The zero-order chi connectivity index (χ0) is 16.9. The van der Waals surface area contributed by atoms with Crippen molar-refractivity contribution >= 4 is 6.01 Å². The molecule has 0 aliphatic heterocycles. The second kappa shape index (κ2) is 6.99. The zero-order valence-electron chi connectivity index (χ0n) is 12.1. The highest BCUT2D eigenvalue weighted by Gasteiger charge is 2.11. The zero-order valence-corrected chi connectivity index (χ0v) is 12.1. The first-order valence-corrected chi connectivity index (χ1v) is 6.83. The van der Waals surface area contributed by atoms with E-state index in [1.165, 1.54) is 6.07 Å². The van der Waals surface area contributed by atoms with Crippen molar-refractivity contribution in [2.75, 3.05) is 5.32 Å². The van der Waals surface area contributed by atoms with Crippen LogP contribution in [0.15, 0.2) is 47.1 Å². The van der Waals surface area contributed by atoms with E-state index in [1.807, 2.05) is 0 Å². The Kier molecular flexibility index (Phi) is 4.59. The molecule has 9 heteroatoms. The van der Waals surface area contributed by atoms with Crippen LogP contribution in [0.5, 0.6) is 5.75 Å². The maximum absolute atomic E-state index is 13.6. The molecule has 0 atom stereocenters. The molecule has 24 heavy (non-hydrogen) atoms. The largest absolute Gasteiger partial charge is 0.432 e. The van der Waals surface area contributed by atoms with Crippen LogP contribution in [0.1, 0.15) is 5.56 Å². The van der Waals surface area contributed by atoms with Crippen LogP contribution in [0, 0.1) is 5.82 Å². The van der Waals surface area contributed by atoms with Crippen molar-refractivity contribution < 1.29 is 22.3 Å². The normalized spacial score (nSPS) is 10.8. The van der Waals surface area contributed by atoms with E-state index in [1.54, 1.807) is 24.5 Å². The second-order valence-electron chi connectivity index (χ2n) is 4.65. The summed E-state index contributed by atoms with van der Waals surface area (Å²) < 4.78 is 47.2. The van der Waals surface area contributed by atoms with E-state index in [0.29, 0.717) is 17.0 Å².